The maximum absolute atomic E-state index is 10.3. The average molecular weight is 170 g/mol. The van der Waals surface area contributed by atoms with Crippen LogP contribution in [-0.4, -0.2) is 37.2 Å². The van der Waals surface area contributed by atoms with Gasteiger partial charge in [-0.1, -0.05) is 0 Å². The third-order valence-electron chi connectivity index (χ3n) is 1.74. The van der Waals surface area contributed by atoms with E-state index in [2.05, 4.69) is 0 Å². The molecule has 0 aromatic carbocycles. The Kier molecular flexibility index (Phi) is 3.10. The number of morpholine rings is 1. The molecule has 0 unspecified atom stereocenters. The molecule has 68 valence electrons. The molecule has 0 amide bonds. The second-order valence-electron chi connectivity index (χ2n) is 2.75. The van der Waals surface area contributed by atoms with E-state index in [9.17, 15) is 9.90 Å². The van der Waals surface area contributed by atoms with Crippen LogP contribution in [0, 0.1) is 0 Å². The molecule has 0 aromatic rings. The van der Waals surface area contributed by atoms with Crippen molar-refractivity contribution in [1.82, 2.24) is 4.90 Å². The van der Waals surface area contributed by atoms with E-state index in [1.54, 1.807) is 6.20 Å². The SMILES string of the molecule is C/C(=C\N1CCOCC1)C(=O)[O-]. The summed E-state index contributed by atoms with van der Waals surface area (Å²) in [6.45, 7) is 4.37. The third-order valence-corrected chi connectivity index (χ3v) is 1.74. The fourth-order valence-electron chi connectivity index (χ4n) is 1.03. The smallest absolute Gasteiger partial charge is 0.0686 e. The standard InChI is InChI=1S/C8H13NO3/c1-7(8(10)11)6-9-2-4-12-5-3-9/h6H,2-5H2,1H3,(H,10,11)/p-1/b7-6+. The van der Waals surface area contributed by atoms with Gasteiger partial charge in [0.25, 0.3) is 0 Å². The first kappa shape index (κ1) is 9.06. The van der Waals surface area contributed by atoms with Gasteiger partial charge in [-0.3, -0.25) is 0 Å². The van der Waals surface area contributed by atoms with Crippen LogP contribution in [0.1, 0.15) is 6.92 Å². The molecule has 0 radical (unpaired) electrons. The molecule has 4 nitrogen and oxygen atoms in total. The van der Waals surface area contributed by atoms with Crippen LogP contribution >= 0.6 is 0 Å². The van der Waals surface area contributed by atoms with Gasteiger partial charge in [-0.05, 0) is 12.5 Å². The zero-order valence-electron chi connectivity index (χ0n) is 7.08. The molecule has 4 heteroatoms. The summed E-state index contributed by atoms with van der Waals surface area (Å²) in [7, 11) is 0. The highest BCUT2D eigenvalue weighted by molar-refractivity contribution is 5.83. The van der Waals surface area contributed by atoms with Crippen molar-refractivity contribution < 1.29 is 14.6 Å². The molecule has 0 spiro atoms. The molecule has 1 aliphatic heterocycles. The second-order valence-corrected chi connectivity index (χ2v) is 2.75. The highest BCUT2D eigenvalue weighted by Crippen LogP contribution is 2.00. The lowest BCUT2D eigenvalue weighted by Gasteiger charge is -2.26. The normalized spacial score (nSPS) is 19.4. The van der Waals surface area contributed by atoms with Crippen LogP contribution in [0.25, 0.3) is 0 Å². The monoisotopic (exact) mass is 170 g/mol. The Morgan fingerprint density at radius 1 is 1.50 bits per heavy atom. The molecule has 0 N–H and O–H groups in total. The molecule has 0 bridgehead atoms. The quantitative estimate of drug-likeness (QED) is 0.497. The number of hydrogen-bond acceptors (Lipinski definition) is 4. The number of aliphatic carboxylic acids is 1. The van der Waals surface area contributed by atoms with Gasteiger partial charge in [-0.15, -0.1) is 0 Å². The van der Waals surface area contributed by atoms with Gasteiger partial charge in [0.05, 0.1) is 19.2 Å². The molecule has 0 saturated carbocycles. The molecule has 1 heterocycles. The van der Waals surface area contributed by atoms with Crippen LogP contribution in [0.15, 0.2) is 11.8 Å². The van der Waals surface area contributed by atoms with Crippen LogP contribution in [0.5, 0.6) is 0 Å². The Balaban J connectivity index is 2.47. The lowest BCUT2D eigenvalue weighted by atomic mass is 10.3. The van der Waals surface area contributed by atoms with Crippen LogP contribution < -0.4 is 5.11 Å². The van der Waals surface area contributed by atoms with Crippen LogP contribution in [-0.2, 0) is 9.53 Å². The van der Waals surface area contributed by atoms with Crippen LogP contribution in [0.2, 0.25) is 0 Å². The van der Waals surface area contributed by atoms with Crippen molar-refractivity contribution in [3.05, 3.63) is 11.8 Å². The van der Waals surface area contributed by atoms with Crippen LogP contribution in [0.3, 0.4) is 0 Å². The van der Waals surface area contributed by atoms with Crippen molar-refractivity contribution in [1.29, 1.82) is 0 Å². The van der Waals surface area contributed by atoms with E-state index in [1.807, 2.05) is 4.90 Å². The topological polar surface area (TPSA) is 52.6 Å². The van der Waals surface area contributed by atoms with Crippen molar-refractivity contribution in [3.63, 3.8) is 0 Å². The highest BCUT2D eigenvalue weighted by atomic mass is 16.5. The van der Waals surface area contributed by atoms with Crippen molar-refractivity contribution in [3.8, 4) is 0 Å². The molecule has 0 aliphatic carbocycles. The number of carbonyl (C=O) groups excluding carboxylic acids is 1. The second kappa shape index (κ2) is 4.11. The fraction of sp³-hybridized carbons (Fsp3) is 0.625. The van der Waals surface area contributed by atoms with Gasteiger partial charge < -0.3 is 19.5 Å². The van der Waals surface area contributed by atoms with Gasteiger partial charge in [-0.2, -0.15) is 0 Å². The molecule has 12 heavy (non-hydrogen) atoms. The summed E-state index contributed by atoms with van der Waals surface area (Å²) in [6.07, 6.45) is 1.61. The Morgan fingerprint density at radius 3 is 2.58 bits per heavy atom. The minimum absolute atomic E-state index is 0.261. The zero-order chi connectivity index (χ0) is 8.97. The van der Waals surface area contributed by atoms with Crippen molar-refractivity contribution in [2.24, 2.45) is 0 Å². The Hall–Kier alpha value is -1.03. The number of carboxylic acids is 1. The van der Waals surface area contributed by atoms with Gasteiger partial charge in [0.1, 0.15) is 0 Å². The summed E-state index contributed by atoms with van der Waals surface area (Å²) in [4.78, 5) is 12.3. The maximum Gasteiger partial charge on any atom is 0.0686 e. The van der Waals surface area contributed by atoms with E-state index in [0.717, 1.165) is 13.1 Å². The molecule has 1 saturated heterocycles. The van der Waals surface area contributed by atoms with Gasteiger partial charge in [0.2, 0.25) is 0 Å². The summed E-state index contributed by atoms with van der Waals surface area (Å²) >= 11 is 0. The average Bonchev–Trinajstić information content (AvgIpc) is 2.06. The minimum Gasteiger partial charge on any atom is -0.545 e. The van der Waals surface area contributed by atoms with Gasteiger partial charge in [0, 0.05) is 19.3 Å². The van der Waals surface area contributed by atoms with E-state index >= 15 is 0 Å². The van der Waals surface area contributed by atoms with Gasteiger partial charge >= 0.3 is 0 Å². The summed E-state index contributed by atoms with van der Waals surface area (Å²) in [5, 5.41) is 10.3. The lowest BCUT2D eigenvalue weighted by molar-refractivity contribution is -0.299. The molecular weight excluding hydrogens is 158 g/mol. The van der Waals surface area contributed by atoms with Crippen LogP contribution in [0.4, 0.5) is 0 Å². The van der Waals surface area contributed by atoms with E-state index in [-0.39, 0.29) is 5.57 Å². The number of ether oxygens (including phenoxy) is 1. The number of carbonyl (C=O) groups is 1. The van der Waals surface area contributed by atoms with Crippen molar-refractivity contribution >= 4 is 5.97 Å². The summed E-state index contributed by atoms with van der Waals surface area (Å²) < 4.78 is 5.11. The van der Waals surface area contributed by atoms with E-state index in [0.29, 0.717) is 13.2 Å². The maximum atomic E-state index is 10.3. The first-order chi connectivity index (χ1) is 5.70. The first-order valence-electron chi connectivity index (χ1n) is 3.91. The Bertz CT molecular complexity index is 194. The molecule has 1 rings (SSSR count). The number of nitrogens with zero attached hydrogens (tertiary/aromatic N) is 1. The van der Waals surface area contributed by atoms with Gasteiger partial charge in [-0.25, -0.2) is 0 Å². The predicted molar refractivity (Wildman–Crippen MR) is 41.2 cm³/mol. The first-order valence-corrected chi connectivity index (χ1v) is 3.91. The Labute approximate surface area is 71.4 Å². The Morgan fingerprint density at radius 2 is 2.08 bits per heavy atom. The van der Waals surface area contributed by atoms with E-state index in [4.69, 9.17) is 4.74 Å². The molecule has 0 aromatic heterocycles. The summed E-state index contributed by atoms with van der Waals surface area (Å²) in [6, 6.07) is 0. The number of carboxylic acid groups (broad SMARTS) is 1. The van der Waals surface area contributed by atoms with E-state index < -0.39 is 5.97 Å². The minimum atomic E-state index is -1.11. The molecule has 0 atom stereocenters. The number of hydrogen-bond donors (Lipinski definition) is 0. The molecule has 1 aliphatic rings. The van der Waals surface area contributed by atoms with Gasteiger partial charge in [0.15, 0.2) is 0 Å². The fourth-order valence-corrected chi connectivity index (χ4v) is 1.03. The largest absolute Gasteiger partial charge is 0.545 e. The number of rotatable bonds is 2. The third kappa shape index (κ3) is 2.54. The van der Waals surface area contributed by atoms with Crippen molar-refractivity contribution in [2.45, 2.75) is 6.92 Å². The lowest BCUT2D eigenvalue weighted by Crippen LogP contribution is -2.34. The predicted octanol–water partition coefficient (Wildman–Crippen LogP) is -1.03. The summed E-state index contributed by atoms with van der Waals surface area (Å²) in [5.74, 6) is -1.11. The molecule has 1 fully saturated rings. The van der Waals surface area contributed by atoms with E-state index in [1.165, 1.54) is 6.92 Å². The van der Waals surface area contributed by atoms with Crippen molar-refractivity contribution in [2.75, 3.05) is 26.3 Å². The highest BCUT2D eigenvalue weighted by Gasteiger charge is 2.06. The molecular formula is C8H12NO3-. The zero-order valence-corrected chi connectivity index (χ0v) is 7.08. The summed E-state index contributed by atoms with van der Waals surface area (Å²) in [5.41, 5.74) is 0.261.